The van der Waals surface area contributed by atoms with Crippen LogP contribution in [0.4, 0.5) is 0 Å². The third kappa shape index (κ3) is 7.60. The molecule has 1 rings (SSSR count). The lowest BCUT2D eigenvalue weighted by Crippen LogP contribution is -2.43. The normalized spacial score (nSPS) is 23.0. The molecule has 5 nitrogen and oxygen atoms in total. The molecule has 0 spiro atoms. The molecule has 2 atom stereocenters. The first-order chi connectivity index (χ1) is 9.84. The van der Waals surface area contributed by atoms with Crippen LogP contribution in [0.3, 0.4) is 0 Å². The van der Waals surface area contributed by atoms with Crippen molar-refractivity contribution in [3.63, 3.8) is 0 Å². The second-order valence-corrected chi connectivity index (χ2v) is 7.43. The van der Waals surface area contributed by atoms with Crippen LogP contribution < -0.4 is 10.6 Å². The highest BCUT2D eigenvalue weighted by Gasteiger charge is 2.24. The number of nitrogens with one attached hydrogen (secondary N) is 2. The fourth-order valence-corrected chi connectivity index (χ4v) is 3.11. The van der Waals surface area contributed by atoms with E-state index in [1.807, 2.05) is 39.5 Å². The lowest BCUT2D eigenvalue weighted by atomic mass is 10.2. The number of hydrogen-bond acceptors (Lipinski definition) is 4. The summed E-state index contributed by atoms with van der Waals surface area (Å²) in [7, 11) is 0. The van der Waals surface area contributed by atoms with Crippen LogP contribution in [-0.2, 0) is 9.53 Å². The molecule has 0 saturated heterocycles. The molecule has 1 aliphatic rings. The van der Waals surface area contributed by atoms with Crippen molar-refractivity contribution in [2.24, 2.45) is 4.99 Å². The number of hydrogen-bond donors (Lipinski definition) is 2. The number of nitrogens with zero attached hydrogens (tertiary/aromatic N) is 1. The fraction of sp³-hybridized carbons (Fsp3) is 0.867. The molecule has 0 heterocycles. The summed E-state index contributed by atoms with van der Waals surface area (Å²) in [5, 5.41) is 7.33. The molecule has 1 saturated carbocycles. The van der Waals surface area contributed by atoms with E-state index in [4.69, 9.17) is 4.74 Å². The predicted molar refractivity (Wildman–Crippen MR) is 89.9 cm³/mol. The van der Waals surface area contributed by atoms with Gasteiger partial charge in [0.05, 0.1) is 0 Å². The zero-order chi connectivity index (χ0) is 15.9. The molecular weight excluding hydrogens is 286 g/mol. The zero-order valence-electron chi connectivity index (χ0n) is 13.9. The molecule has 122 valence electrons. The minimum Gasteiger partial charge on any atom is -0.459 e. The van der Waals surface area contributed by atoms with Crippen LogP contribution in [0.25, 0.3) is 0 Å². The lowest BCUT2D eigenvalue weighted by molar-refractivity contribution is -0.152. The fourth-order valence-electron chi connectivity index (χ4n) is 2.32. The second kappa shape index (κ2) is 8.51. The Morgan fingerprint density at radius 2 is 2.10 bits per heavy atom. The highest BCUT2D eigenvalue weighted by Crippen LogP contribution is 2.27. The van der Waals surface area contributed by atoms with E-state index in [0.717, 1.165) is 24.6 Å². The molecule has 1 aliphatic carbocycles. The maximum atomic E-state index is 11.7. The summed E-state index contributed by atoms with van der Waals surface area (Å²) < 4.78 is 5.27. The van der Waals surface area contributed by atoms with E-state index in [1.54, 1.807) is 0 Å². The van der Waals surface area contributed by atoms with Gasteiger partial charge in [-0.15, -0.1) is 0 Å². The average molecular weight is 315 g/mol. The van der Waals surface area contributed by atoms with E-state index in [0.29, 0.717) is 12.0 Å². The van der Waals surface area contributed by atoms with E-state index in [1.165, 1.54) is 6.42 Å². The number of esters is 1. The van der Waals surface area contributed by atoms with Gasteiger partial charge in [0.15, 0.2) is 5.96 Å². The van der Waals surface area contributed by atoms with Crippen LogP contribution in [0.1, 0.15) is 47.0 Å². The molecule has 0 bridgehead atoms. The average Bonchev–Trinajstić information content (AvgIpc) is 2.82. The molecule has 0 aliphatic heterocycles. The van der Waals surface area contributed by atoms with Gasteiger partial charge >= 0.3 is 5.97 Å². The number of carbonyl (C=O) groups is 1. The van der Waals surface area contributed by atoms with Gasteiger partial charge in [-0.25, -0.2) is 4.99 Å². The Hall–Kier alpha value is -0.910. The summed E-state index contributed by atoms with van der Waals surface area (Å²) in [5.41, 5.74) is -0.463. The Morgan fingerprint density at radius 1 is 1.38 bits per heavy atom. The SMILES string of the molecule is CCNC(=NCC(=O)OC(C)(C)C)N[C@@H]1CC[C@@H](SC)C1. The van der Waals surface area contributed by atoms with Crippen molar-refractivity contribution in [3.05, 3.63) is 0 Å². The van der Waals surface area contributed by atoms with Crippen LogP contribution >= 0.6 is 11.8 Å². The highest BCUT2D eigenvalue weighted by atomic mass is 32.2. The van der Waals surface area contributed by atoms with Crippen molar-refractivity contribution in [2.75, 3.05) is 19.3 Å². The maximum Gasteiger partial charge on any atom is 0.328 e. The summed E-state index contributed by atoms with van der Waals surface area (Å²) in [4.78, 5) is 16.0. The molecule has 6 heteroatoms. The van der Waals surface area contributed by atoms with E-state index < -0.39 is 5.60 Å². The van der Waals surface area contributed by atoms with Crippen LogP contribution in [-0.4, -0.2) is 48.2 Å². The number of carbonyl (C=O) groups excluding carboxylic acids is 1. The van der Waals surface area contributed by atoms with Crippen LogP contribution in [0.5, 0.6) is 0 Å². The van der Waals surface area contributed by atoms with Gasteiger partial charge in [0, 0.05) is 17.8 Å². The van der Waals surface area contributed by atoms with Gasteiger partial charge in [0.1, 0.15) is 12.1 Å². The number of thioether (sulfide) groups is 1. The quantitative estimate of drug-likeness (QED) is 0.462. The van der Waals surface area contributed by atoms with Gasteiger partial charge in [-0.05, 0) is 53.2 Å². The van der Waals surface area contributed by atoms with E-state index >= 15 is 0 Å². The third-order valence-corrected chi connectivity index (χ3v) is 4.28. The van der Waals surface area contributed by atoms with Gasteiger partial charge < -0.3 is 15.4 Å². The number of ether oxygens (including phenoxy) is 1. The molecule has 0 radical (unpaired) electrons. The minimum atomic E-state index is -0.463. The number of guanidine groups is 1. The van der Waals surface area contributed by atoms with Crippen molar-refractivity contribution in [2.45, 2.75) is 63.9 Å². The molecule has 0 aromatic carbocycles. The number of aliphatic imine (C=N–C) groups is 1. The van der Waals surface area contributed by atoms with Crippen LogP contribution in [0, 0.1) is 0 Å². The minimum absolute atomic E-state index is 0.0469. The Morgan fingerprint density at radius 3 is 2.62 bits per heavy atom. The topological polar surface area (TPSA) is 62.7 Å². The summed E-state index contributed by atoms with van der Waals surface area (Å²) in [6.07, 6.45) is 5.71. The molecule has 0 aromatic rings. The highest BCUT2D eigenvalue weighted by molar-refractivity contribution is 7.99. The Labute approximate surface area is 132 Å². The number of rotatable bonds is 5. The summed E-state index contributed by atoms with van der Waals surface area (Å²) >= 11 is 1.93. The molecule has 0 aromatic heterocycles. The smallest absolute Gasteiger partial charge is 0.328 e. The van der Waals surface area contributed by atoms with Crippen molar-refractivity contribution in [1.82, 2.24) is 10.6 Å². The molecule has 2 N–H and O–H groups in total. The van der Waals surface area contributed by atoms with Crippen molar-refractivity contribution < 1.29 is 9.53 Å². The first kappa shape index (κ1) is 18.1. The summed E-state index contributed by atoms with van der Waals surface area (Å²) in [6.45, 7) is 8.42. The van der Waals surface area contributed by atoms with Gasteiger partial charge in [0.2, 0.25) is 0 Å². The van der Waals surface area contributed by atoms with E-state index in [2.05, 4.69) is 21.9 Å². The van der Waals surface area contributed by atoms with Gasteiger partial charge in [-0.2, -0.15) is 11.8 Å². The summed E-state index contributed by atoms with van der Waals surface area (Å²) in [5.74, 6) is 0.406. The Kier molecular flexibility index (Phi) is 7.35. The lowest BCUT2D eigenvalue weighted by Gasteiger charge is -2.20. The molecule has 0 amide bonds. The molecule has 0 unspecified atom stereocenters. The van der Waals surface area contributed by atoms with Crippen LogP contribution in [0.2, 0.25) is 0 Å². The van der Waals surface area contributed by atoms with Gasteiger partial charge in [0.25, 0.3) is 0 Å². The first-order valence-electron chi connectivity index (χ1n) is 7.63. The predicted octanol–water partition coefficient (Wildman–Crippen LogP) is 2.17. The monoisotopic (exact) mass is 315 g/mol. The maximum absolute atomic E-state index is 11.7. The Bertz CT molecular complexity index is 366. The first-order valence-corrected chi connectivity index (χ1v) is 8.92. The van der Waals surface area contributed by atoms with Gasteiger partial charge in [-0.3, -0.25) is 4.79 Å². The third-order valence-electron chi connectivity index (χ3n) is 3.19. The van der Waals surface area contributed by atoms with Gasteiger partial charge in [-0.1, -0.05) is 0 Å². The molecule has 21 heavy (non-hydrogen) atoms. The van der Waals surface area contributed by atoms with Crippen molar-refractivity contribution >= 4 is 23.7 Å². The van der Waals surface area contributed by atoms with Crippen molar-refractivity contribution in [3.8, 4) is 0 Å². The summed E-state index contributed by atoms with van der Waals surface area (Å²) in [6, 6.07) is 0.443. The zero-order valence-corrected chi connectivity index (χ0v) is 14.7. The molecule has 1 fully saturated rings. The molecular formula is C15H29N3O2S. The van der Waals surface area contributed by atoms with E-state index in [-0.39, 0.29) is 12.5 Å². The Balaban J connectivity index is 2.48. The second-order valence-electron chi connectivity index (χ2n) is 6.29. The van der Waals surface area contributed by atoms with Crippen LogP contribution in [0.15, 0.2) is 4.99 Å². The van der Waals surface area contributed by atoms with E-state index in [9.17, 15) is 4.79 Å². The largest absolute Gasteiger partial charge is 0.459 e. The van der Waals surface area contributed by atoms with Crippen molar-refractivity contribution in [1.29, 1.82) is 0 Å². The standard InChI is InChI=1S/C15H29N3O2S/c1-6-16-14(17-10-13(19)20-15(2,3)4)18-11-7-8-12(9-11)21-5/h11-12H,6-10H2,1-5H3,(H2,16,17,18)/t11-,12-/m1/s1.